The molecule has 0 amide bonds. The van der Waals surface area contributed by atoms with Crippen LogP contribution in [0.5, 0.6) is 0 Å². The van der Waals surface area contributed by atoms with Gasteiger partial charge in [-0.3, -0.25) is 9.35 Å². The van der Waals surface area contributed by atoms with Gasteiger partial charge in [0.15, 0.2) is 31.5 Å². The number of rotatable bonds is 20. The Morgan fingerprint density at radius 3 is 1.85 bits per heavy atom. The van der Waals surface area contributed by atoms with Gasteiger partial charge in [-0.25, -0.2) is 4.18 Å². The molecule has 92 heavy (non-hydrogen) atoms. The minimum Gasteiger partial charge on any atom is -0.459 e. The molecule has 0 aromatic rings. The lowest BCUT2D eigenvalue weighted by molar-refractivity contribution is -0.394. The van der Waals surface area contributed by atoms with Gasteiger partial charge in [-0.1, -0.05) is 51.5 Å². The van der Waals surface area contributed by atoms with Gasteiger partial charge in [0.2, 0.25) is 0 Å². The second-order valence-corrected chi connectivity index (χ2v) is 29.4. The van der Waals surface area contributed by atoms with Gasteiger partial charge in [-0.05, 0) is 100 Å². The summed E-state index contributed by atoms with van der Waals surface area (Å²) in [5, 5.41) is 157. The van der Waals surface area contributed by atoms with Crippen LogP contribution < -0.4 is 0 Å². The maximum absolute atomic E-state index is 14.6. The van der Waals surface area contributed by atoms with Crippen molar-refractivity contribution in [2.75, 3.05) is 33.5 Å². The van der Waals surface area contributed by atoms with Crippen LogP contribution in [0.15, 0.2) is 23.8 Å². The Morgan fingerprint density at radius 1 is 0.652 bits per heavy atom. The number of allylic oxidation sites excluding steroid dienone is 1. The third kappa shape index (κ3) is 12.5. The first-order chi connectivity index (χ1) is 43.0. The Hall–Kier alpha value is -2.18. The Morgan fingerprint density at radius 2 is 1.23 bits per heavy atom. The Balaban J connectivity index is 0.881. The van der Waals surface area contributed by atoms with Crippen molar-refractivity contribution < 1.29 is 150 Å². The summed E-state index contributed by atoms with van der Waals surface area (Å²) in [6.07, 6.45) is -38.8. The minimum absolute atomic E-state index is 0.102. The number of hydrogen-bond donors (Lipinski definition) is 15. The van der Waals surface area contributed by atoms with E-state index in [1.54, 1.807) is 6.92 Å². The number of fused-ring (bicyclic) bond motifs is 4. The van der Waals surface area contributed by atoms with Crippen molar-refractivity contribution in [1.82, 2.24) is 0 Å². The number of ether oxygens (including phenoxy) is 12. The first kappa shape index (κ1) is 72.6. The standard InChI is InChI=1S/C60H96O31S/c1-23(2)27(63)12-17-59(8)33-13-16-58(7)25-10-11-32-56(4,5)35(14-15-57(32,6)26(25)18-34(64)60(33,58)55(75)91-59)87-54-49(39(68)30(21-80-54)85-51-42(71)40(69)36(65)31(86-51)22-81-92(76,77)78)90-50-43(72)41(70)46(24(3)82-50)88-53-45(74)48(38(67)29(20-62)84-53)89-52-44(73)47(79-9)37(66)28(19-61)83-52/h18,24-25,27-54,61-74H,1,10-17,19-22H2,2-9H3,(H,76,77,78)/t24-,25-,27?,28-,29-,30-,31-,32+,33-,34+,35+,36-,37-,38-,39+,40+,41-,42-,43-,44-,45-,46-,47+,48+,49-,50+,51-,52+,53+,54+,57-,58+,59+,60+/m1/s1. The van der Waals surface area contributed by atoms with E-state index in [-0.39, 0.29) is 17.8 Å². The summed E-state index contributed by atoms with van der Waals surface area (Å²) in [5.41, 5.74) is -2.44. The number of aliphatic hydroxyl groups is 14. The number of esters is 1. The molecule has 1 spiro atoms. The predicted molar refractivity (Wildman–Crippen MR) is 306 cm³/mol. The molecule has 6 aliphatic heterocycles. The van der Waals surface area contributed by atoms with Crippen molar-refractivity contribution >= 4 is 16.4 Å². The molecule has 6 heterocycles. The second kappa shape index (κ2) is 27.2. The molecule has 34 atom stereocenters. The molecule has 6 saturated heterocycles. The molecule has 528 valence electrons. The average molecular weight is 1350 g/mol. The van der Waals surface area contributed by atoms with Crippen LogP contribution in [0.1, 0.15) is 99.8 Å². The van der Waals surface area contributed by atoms with Crippen molar-refractivity contribution in [2.45, 2.75) is 271 Å². The van der Waals surface area contributed by atoms with Gasteiger partial charge in [0.05, 0.1) is 50.8 Å². The summed E-state index contributed by atoms with van der Waals surface area (Å²) in [6.45, 7) is 14.0. The zero-order valence-electron chi connectivity index (χ0n) is 52.7. The molecule has 9 fully saturated rings. The van der Waals surface area contributed by atoms with Gasteiger partial charge in [0.1, 0.15) is 121 Å². The highest BCUT2D eigenvalue weighted by Gasteiger charge is 2.79. The van der Waals surface area contributed by atoms with Crippen molar-refractivity contribution in [3.63, 3.8) is 0 Å². The molecule has 0 radical (unpaired) electrons. The molecule has 10 rings (SSSR count). The van der Waals surface area contributed by atoms with Crippen LogP contribution in [0, 0.1) is 39.4 Å². The van der Waals surface area contributed by atoms with E-state index in [1.165, 1.54) is 14.0 Å². The maximum atomic E-state index is 14.6. The van der Waals surface area contributed by atoms with Crippen LogP contribution in [0.3, 0.4) is 0 Å². The molecule has 3 saturated carbocycles. The number of hydrogen-bond acceptors (Lipinski definition) is 30. The van der Waals surface area contributed by atoms with E-state index in [2.05, 4.69) is 24.6 Å². The molecular weight excluding hydrogens is 1250 g/mol. The largest absolute Gasteiger partial charge is 0.459 e. The van der Waals surface area contributed by atoms with E-state index in [9.17, 15) is 89.3 Å². The smallest absolute Gasteiger partial charge is 0.397 e. The number of carbonyl (C=O) groups is 1. The fraction of sp³-hybridized carbons (Fsp3) is 0.917. The summed E-state index contributed by atoms with van der Waals surface area (Å²) in [4.78, 5) is 14.6. The van der Waals surface area contributed by atoms with Gasteiger partial charge in [0, 0.05) is 13.0 Å². The van der Waals surface area contributed by atoms with E-state index in [0.29, 0.717) is 56.9 Å². The molecule has 15 N–H and O–H groups in total. The molecule has 1 unspecified atom stereocenters. The molecule has 32 heteroatoms. The maximum Gasteiger partial charge on any atom is 0.397 e. The first-order valence-electron chi connectivity index (χ1n) is 31.7. The van der Waals surface area contributed by atoms with E-state index in [0.717, 1.165) is 5.57 Å². The van der Waals surface area contributed by atoms with Crippen LogP contribution in [-0.4, -0.2) is 295 Å². The second-order valence-electron chi connectivity index (χ2n) is 28.3. The summed E-state index contributed by atoms with van der Waals surface area (Å²) in [7, 11) is -3.92. The zero-order valence-corrected chi connectivity index (χ0v) is 53.6. The van der Waals surface area contributed by atoms with E-state index in [1.807, 2.05) is 26.8 Å². The number of methoxy groups -OCH3 is 1. The summed E-state index contributed by atoms with van der Waals surface area (Å²) >= 11 is 0. The Labute approximate surface area is 532 Å². The Kier molecular flexibility index (Phi) is 21.4. The van der Waals surface area contributed by atoms with Gasteiger partial charge in [0.25, 0.3) is 0 Å². The highest BCUT2D eigenvalue weighted by Crippen LogP contribution is 2.76. The van der Waals surface area contributed by atoms with Crippen LogP contribution in [0.25, 0.3) is 0 Å². The van der Waals surface area contributed by atoms with Gasteiger partial charge in [-0.2, -0.15) is 8.42 Å². The fourth-order valence-electron chi connectivity index (χ4n) is 17.6. The van der Waals surface area contributed by atoms with Gasteiger partial charge >= 0.3 is 16.4 Å². The van der Waals surface area contributed by atoms with Crippen LogP contribution in [0.2, 0.25) is 0 Å². The first-order valence-corrected chi connectivity index (χ1v) is 33.1. The summed E-state index contributed by atoms with van der Waals surface area (Å²) in [6, 6.07) is 0. The topological polar surface area (TPSA) is 475 Å². The third-order valence-corrected chi connectivity index (χ3v) is 23.2. The normalized spacial score (nSPS) is 51.4. The third-order valence-electron chi connectivity index (χ3n) is 22.7. The van der Waals surface area contributed by atoms with Crippen molar-refractivity contribution in [2.24, 2.45) is 39.4 Å². The molecular formula is C60H96O31S. The fourth-order valence-corrected chi connectivity index (χ4v) is 17.9. The van der Waals surface area contributed by atoms with Gasteiger partial charge in [-0.15, -0.1) is 0 Å². The molecule has 0 bridgehead atoms. The van der Waals surface area contributed by atoms with Crippen LogP contribution in [-0.2, 0) is 76.2 Å². The molecule has 4 aliphatic carbocycles. The highest BCUT2D eigenvalue weighted by atomic mass is 32.3. The number of aliphatic hydroxyl groups excluding tert-OH is 14. The quantitative estimate of drug-likeness (QED) is 0.0241. The highest BCUT2D eigenvalue weighted by molar-refractivity contribution is 7.80. The number of carbonyl (C=O) groups excluding carboxylic acids is 1. The van der Waals surface area contributed by atoms with E-state index < -0.39 is 236 Å². The van der Waals surface area contributed by atoms with Crippen LogP contribution in [0.4, 0.5) is 0 Å². The Bertz CT molecular complexity index is 2750. The zero-order chi connectivity index (χ0) is 67.4. The van der Waals surface area contributed by atoms with Gasteiger partial charge < -0.3 is 128 Å². The van der Waals surface area contributed by atoms with E-state index in [4.69, 9.17) is 56.8 Å². The molecule has 0 aromatic carbocycles. The lowest BCUT2D eigenvalue weighted by Gasteiger charge is -2.64. The minimum atomic E-state index is -5.09. The van der Waals surface area contributed by atoms with E-state index >= 15 is 0 Å². The van der Waals surface area contributed by atoms with Crippen molar-refractivity contribution in [3.8, 4) is 0 Å². The predicted octanol–water partition coefficient (Wildman–Crippen LogP) is -3.79. The van der Waals surface area contributed by atoms with Crippen molar-refractivity contribution in [3.05, 3.63) is 23.8 Å². The molecule has 31 nitrogen and oxygen atoms in total. The monoisotopic (exact) mass is 1340 g/mol. The molecule has 0 aromatic heterocycles. The van der Waals surface area contributed by atoms with Crippen molar-refractivity contribution in [1.29, 1.82) is 0 Å². The summed E-state index contributed by atoms with van der Waals surface area (Å²) in [5.74, 6) is -0.973. The van der Waals surface area contributed by atoms with Crippen LogP contribution >= 0.6 is 0 Å². The molecule has 10 aliphatic rings. The number of cyclic esters (lactones) is 1. The summed E-state index contributed by atoms with van der Waals surface area (Å²) < 4.78 is 109. The average Bonchev–Trinajstić information content (AvgIpc) is 1.45. The lowest BCUT2D eigenvalue weighted by atomic mass is 9.40. The SMILES string of the molecule is C=C(C)C(O)CC[C@]1(C)OC(=O)[C@]23[C@@H](O)C=C4[C@@H](CC[C@H]5C(C)(C)[C@@H](O[C@@H]6OC[C@@H](O[C@@H]7O[C@H](COS(=O)(=O)O)[C@@H](O)[C@H](O)[C@H]7O)[C@H](O)[C@H]6O[C@@H]6O[C@H](C)[C@@H](O[C@@H]7O[C@H](CO)[C@@H](O)[C@H](O[C@@H]8O[C@H](CO)[C@@H](O)[C@H](OC)[C@H]8O)[C@H]7O)[C@H](O)[C@H]6O)CC[C@]45C)[C@]2(C)CC[C@@H]31. The lowest BCUT2D eigenvalue weighted by Crippen LogP contribution is -2.67.